The number of primary amides is 1. The predicted octanol–water partition coefficient (Wildman–Crippen LogP) is 2.83. The average molecular weight is 281 g/mol. The summed E-state index contributed by atoms with van der Waals surface area (Å²) in [5.41, 5.74) is 5.53. The molecule has 1 aliphatic carbocycles. The van der Waals surface area contributed by atoms with E-state index in [1.165, 1.54) is 17.4 Å². The molecule has 0 saturated heterocycles. The molecule has 0 radical (unpaired) electrons. The lowest BCUT2D eigenvalue weighted by atomic mass is 9.81. The highest BCUT2D eigenvalue weighted by molar-refractivity contribution is 7.12. The summed E-state index contributed by atoms with van der Waals surface area (Å²) in [6.07, 6.45) is 3.10. The molecule has 2 rings (SSSR count). The molecule has 0 aliphatic heterocycles. The SMILES string of the molecule is CC1CCC(OC(=O)c2cc(C(N)=O)cs2)C(C)C1. The molecule has 2 N–H and O–H groups in total. The van der Waals surface area contributed by atoms with Crippen LogP contribution in [0.5, 0.6) is 0 Å². The van der Waals surface area contributed by atoms with Gasteiger partial charge in [0.25, 0.3) is 0 Å². The quantitative estimate of drug-likeness (QED) is 0.866. The number of hydrogen-bond donors (Lipinski definition) is 1. The maximum absolute atomic E-state index is 12.0. The van der Waals surface area contributed by atoms with E-state index in [0.717, 1.165) is 19.3 Å². The highest BCUT2D eigenvalue weighted by Crippen LogP contribution is 2.31. The average Bonchev–Trinajstić information content (AvgIpc) is 2.82. The number of thiophene rings is 1. The smallest absolute Gasteiger partial charge is 0.348 e. The zero-order valence-electron chi connectivity index (χ0n) is 11.2. The summed E-state index contributed by atoms with van der Waals surface area (Å²) in [6.45, 7) is 4.35. The molecule has 0 spiro atoms. The molecular formula is C14H19NO3S. The van der Waals surface area contributed by atoms with Crippen LogP contribution in [0.25, 0.3) is 0 Å². The number of esters is 1. The van der Waals surface area contributed by atoms with E-state index >= 15 is 0 Å². The van der Waals surface area contributed by atoms with Gasteiger partial charge in [-0.15, -0.1) is 11.3 Å². The van der Waals surface area contributed by atoms with Crippen molar-refractivity contribution in [3.8, 4) is 0 Å². The molecule has 104 valence electrons. The third-order valence-corrected chi connectivity index (χ3v) is 4.61. The summed E-state index contributed by atoms with van der Waals surface area (Å²) in [5.74, 6) is 0.232. The van der Waals surface area contributed by atoms with Crippen molar-refractivity contribution in [3.05, 3.63) is 21.9 Å². The van der Waals surface area contributed by atoms with Gasteiger partial charge in [-0.2, -0.15) is 0 Å². The number of rotatable bonds is 3. The van der Waals surface area contributed by atoms with Crippen molar-refractivity contribution in [2.75, 3.05) is 0 Å². The number of hydrogen-bond acceptors (Lipinski definition) is 4. The lowest BCUT2D eigenvalue weighted by Gasteiger charge is -2.31. The fourth-order valence-corrected chi connectivity index (χ4v) is 3.36. The van der Waals surface area contributed by atoms with E-state index in [1.807, 2.05) is 0 Å². The summed E-state index contributed by atoms with van der Waals surface area (Å²) in [6, 6.07) is 1.51. The van der Waals surface area contributed by atoms with E-state index in [9.17, 15) is 9.59 Å². The van der Waals surface area contributed by atoms with Gasteiger partial charge in [0.2, 0.25) is 5.91 Å². The van der Waals surface area contributed by atoms with Crippen LogP contribution in [-0.4, -0.2) is 18.0 Å². The van der Waals surface area contributed by atoms with Gasteiger partial charge in [0, 0.05) is 5.38 Å². The second-order valence-electron chi connectivity index (χ2n) is 5.40. The van der Waals surface area contributed by atoms with Gasteiger partial charge in [0.1, 0.15) is 11.0 Å². The van der Waals surface area contributed by atoms with Gasteiger partial charge in [0.15, 0.2) is 0 Å². The Hall–Kier alpha value is -1.36. The molecule has 3 unspecified atom stereocenters. The van der Waals surface area contributed by atoms with Crippen LogP contribution in [0.2, 0.25) is 0 Å². The van der Waals surface area contributed by atoms with Gasteiger partial charge >= 0.3 is 5.97 Å². The molecule has 1 fully saturated rings. The van der Waals surface area contributed by atoms with Gasteiger partial charge < -0.3 is 10.5 Å². The van der Waals surface area contributed by atoms with Crippen LogP contribution in [0.15, 0.2) is 11.4 Å². The second kappa shape index (κ2) is 5.74. The Morgan fingerprint density at radius 2 is 2.11 bits per heavy atom. The Bertz CT molecular complexity index is 483. The minimum atomic E-state index is -0.518. The Kier molecular flexibility index (Phi) is 4.24. The van der Waals surface area contributed by atoms with Crippen molar-refractivity contribution in [2.45, 2.75) is 39.2 Å². The Morgan fingerprint density at radius 1 is 1.37 bits per heavy atom. The summed E-state index contributed by atoms with van der Waals surface area (Å²) in [4.78, 5) is 23.4. The van der Waals surface area contributed by atoms with Crippen LogP contribution in [-0.2, 0) is 4.74 Å². The third kappa shape index (κ3) is 3.35. The number of carbonyl (C=O) groups excluding carboxylic acids is 2. The third-order valence-electron chi connectivity index (χ3n) is 3.70. The standard InChI is InChI=1S/C14H19NO3S/c1-8-3-4-11(9(2)5-8)18-14(17)12-6-10(7-19-12)13(15)16/h6-9,11H,3-5H2,1-2H3,(H2,15,16). The molecule has 1 aromatic heterocycles. The van der Waals surface area contributed by atoms with Crippen molar-refractivity contribution >= 4 is 23.2 Å². The summed E-state index contributed by atoms with van der Waals surface area (Å²) in [7, 11) is 0. The second-order valence-corrected chi connectivity index (χ2v) is 6.31. The summed E-state index contributed by atoms with van der Waals surface area (Å²) < 4.78 is 5.55. The van der Waals surface area contributed by atoms with E-state index in [4.69, 9.17) is 10.5 Å². The first-order valence-electron chi connectivity index (χ1n) is 6.56. The summed E-state index contributed by atoms with van der Waals surface area (Å²) in [5, 5.41) is 1.59. The van der Waals surface area contributed by atoms with E-state index in [-0.39, 0.29) is 12.1 Å². The van der Waals surface area contributed by atoms with Gasteiger partial charge in [-0.05, 0) is 37.2 Å². The molecule has 0 aromatic carbocycles. The molecule has 4 nitrogen and oxygen atoms in total. The molecule has 0 bridgehead atoms. The molecule has 1 amide bonds. The van der Waals surface area contributed by atoms with Gasteiger partial charge in [-0.25, -0.2) is 4.79 Å². The minimum absolute atomic E-state index is 0.0113. The van der Waals surface area contributed by atoms with Crippen LogP contribution in [0.3, 0.4) is 0 Å². The molecule has 5 heteroatoms. The lowest BCUT2D eigenvalue weighted by molar-refractivity contribution is -0.000902. The molecule has 1 aromatic rings. The Balaban J connectivity index is 1.98. The molecule has 3 atom stereocenters. The maximum Gasteiger partial charge on any atom is 0.348 e. The van der Waals surface area contributed by atoms with E-state index in [0.29, 0.717) is 22.3 Å². The van der Waals surface area contributed by atoms with Crippen LogP contribution < -0.4 is 5.73 Å². The number of carbonyl (C=O) groups is 2. The first-order valence-corrected chi connectivity index (χ1v) is 7.44. The lowest BCUT2D eigenvalue weighted by Crippen LogP contribution is -2.30. The zero-order chi connectivity index (χ0) is 14.0. The first kappa shape index (κ1) is 14.1. The molecule has 1 heterocycles. The Labute approximate surface area is 116 Å². The van der Waals surface area contributed by atoms with E-state index in [1.54, 1.807) is 5.38 Å². The number of amides is 1. The van der Waals surface area contributed by atoms with Crippen molar-refractivity contribution in [1.29, 1.82) is 0 Å². The fourth-order valence-electron chi connectivity index (χ4n) is 2.58. The van der Waals surface area contributed by atoms with Gasteiger partial charge in [-0.3, -0.25) is 4.79 Å². The van der Waals surface area contributed by atoms with Crippen LogP contribution in [0.1, 0.15) is 53.1 Å². The van der Waals surface area contributed by atoms with Crippen molar-refractivity contribution in [2.24, 2.45) is 17.6 Å². The highest BCUT2D eigenvalue weighted by atomic mass is 32.1. The largest absolute Gasteiger partial charge is 0.458 e. The Morgan fingerprint density at radius 3 is 2.68 bits per heavy atom. The van der Waals surface area contributed by atoms with Gasteiger partial charge in [-0.1, -0.05) is 13.8 Å². The zero-order valence-corrected chi connectivity index (χ0v) is 12.0. The monoisotopic (exact) mass is 281 g/mol. The molecule has 1 aliphatic rings. The van der Waals surface area contributed by atoms with Crippen molar-refractivity contribution < 1.29 is 14.3 Å². The summed E-state index contributed by atoms with van der Waals surface area (Å²) >= 11 is 1.20. The molecular weight excluding hydrogens is 262 g/mol. The van der Waals surface area contributed by atoms with Crippen LogP contribution in [0, 0.1) is 11.8 Å². The maximum atomic E-state index is 12.0. The predicted molar refractivity (Wildman–Crippen MR) is 74.2 cm³/mol. The number of nitrogens with two attached hydrogens (primary N) is 1. The normalized spacial score (nSPS) is 26.9. The highest BCUT2D eigenvalue weighted by Gasteiger charge is 2.29. The van der Waals surface area contributed by atoms with Crippen LogP contribution in [0.4, 0.5) is 0 Å². The van der Waals surface area contributed by atoms with Crippen LogP contribution >= 0.6 is 11.3 Å². The van der Waals surface area contributed by atoms with Crippen molar-refractivity contribution in [1.82, 2.24) is 0 Å². The number of ether oxygens (including phenoxy) is 1. The van der Waals surface area contributed by atoms with Crippen molar-refractivity contribution in [3.63, 3.8) is 0 Å². The topological polar surface area (TPSA) is 69.4 Å². The van der Waals surface area contributed by atoms with E-state index < -0.39 is 5.91 Å². The molecule has 1 saturated carbocycles. The first-order chi connectivity index (χ1) is 8.97. The van der Waals surface area contributed by atoms with E-state index in [2.05, 4.69) is 13.8 Å². The molecule has 19 heavy (non-hydrogen) atoms. The fraction of sp³-hybridized carbons (Fsp3) is 0.571. The minimum Gasteiger partial charge on any atom is -0.458 e. The van der Waals surface area contributed by atoms with Gasteiger partial charge in [0.05, 0.1) is 5.56 Å².